The summed E-state index contributed by atoms with van der Waals surface area (Å²) >= 11 is 1.68. The van der Waals surface area contributed by atoms with E-state index in [9.17, 15) is 4.79 Å². The maximum absolute atomic E-state index is 11.4. The van der Waals surface area contributed by atoms with Crippen LogP contribution in [0.25, 0.3) is 0 Å². The highest BCUT2D eigenvalue weighted by molar-refractivity contribution is 7.99. The number of esters is 1. The topological polar surface area (TPSA) is 56.8 Å². The van der Waals surface area contributed by atoms with Crippen molar-refractivity contribution in [3.05, 3.63) is 18.2 Å². The van der Waals surface area contributed by atoms with E-state index < -0.39 is 0 Å². The Morgan fingerprint density at radius 3 is 2.85 bits per heavy atom. The van der Waals surface area contributed by atoms with Gasteiger partial charge in [-0.3, -0.25) is 4.79 Å². The minimum absolute atomic E-state index is 0.227. The third-order valence-electron chi connectivity index (χ3n) is 3.02. The normalized spacial score (nSPS) is 14.7. The van der Waals surface area contributed by atoms with Gasteiger partial charge in [0.15, 0.2) is 11.5 Å². The molecule has 1 N–H and O–H groups in total. The van der Waals surface area contributed by atoms with Gasteiger partial charge in [-0.2, -0.15) is 0 Å². The number of hydrogen-bond acceptors (Lipinski definition) is 6. The van der Waals surface area contributed by atoms with Crippen molar-refractivity contribution < 1.29 is 19.0 Å². The second kappa shape index (κ2) is 7.40. The summed E-state index contributed by atoms with van der Waals surface area (Å²) in [6, 6.07) is 5.65. The van der Waals surface area contributed by atoms with E-state index in [0.29, 0.717) is 19.6 Å². The van der Waals surface area contributed by atoms with E-state index in [-0.39, 0.29) is 12.0 Å². The number of ether oxygens (including phenoxy) is 3. The molecule has 0 saturated carbocycles. The van der Waals surface area contributed by atoms with E-state index in [1.165, 1.54) is 7.11 Å². The van der Waals surface area contributed by atoms with Crippen LogP contribution < -0.4 is 14.8 Å². The Bertz CT molecular complexity index is 466. The summed E-state index contributed by atoms with van der Waals surface area (Å²) in [5.41, 5.74) is 0. The van der Waals surface area contributed by atoms with E-state index in [1.54, 1.807) is 18.8 Å². The Hall–Kier alpha value is -1.40. The van der Waals surface area contributed by atoms with Crippen LogP contribution in [0.2, 0.25) is 0 Å². The van der Waals surface area contributed by atoms with Crippen LogP contribution in [0.5, 0.6) is 11.5 Å². The molecule has 1 atom stereocenters. The van der Waals surface area contributed by atoms with E-state index in [0.717, 1.165) is 22.1 Å². The summed E-state index contributed by atoms with van der Waals surface area (Å²) in [7, 11) is 3.16. The molecule has 1 heterocycles. The number of methoxy groups -OCH3 is 1. The molecule has 1 aliphatic rings. The third-order valence-corrected chi connectivity index (χ3v) is 4.05. The Labute approximate surface area is 123 Å². The number of carbonyl (C=O) groups is 1. The van der Waals surface area contributed by atoms with Crippen LogP contribution in [0.3, 0.4) is 0 Å². The fourth-order valence-electron chi connectivity index (χ4n) is 1.93. The van der Waals surface area contributed by atoms with E-state index >= 15 is 0 Å². The molecule has 1 unspecified atom stereocenters. The molecule has 5 nitrogen and oxygen atoms in total. The van der Waals surface area contributed by atoms with Crippen LogP contribution in [0.4, 0.5) is 0 Å². The standard InChI is InChI=1S/C14H19NO4S/c1-15-11(14(16)17-2)5-8-20-10-3-4-12-13(9-10)19-7-6-18-12/h3-4,9,11,15H,5-8H2,1-2H3. The lowest BCUT2D eigenvalue weighted by Gasteiger charge is -2.19. The molecule has 6 heteroatoms. The first-order chi connectivity index (χ1) is 9.74. The van der Waals surface area contributed by atoms with Crippen LogP contribution in [-0.2, 0) is 9.53 Å². The SMILES string of the molecule is CNC(CCSc1ccc2c(c1)OCCO2)C(=O)OC. The highest BCUT2D eigenvalue weighted by Gasteiger charge is 2.17. The molecule has 20 heavy (non-hydrogen) atoms. The van der Waals surface area contributed by atoms with Crippen molar-refractivity contribution in [2.75, 3.05) is 33.1 Å². The van der Waals surface area contributed by atoms with Gasteiger partial charge in [0.25, 0.3) is 0 Å². The minimum Gasteiger partial charge on any atom is -0.486 e. The molecule has 0 spiro atoms. The number of nitrogens with one attached hydrogen (secondary N) is 1. The summed E-state index contributed by atoms with van der Waals surface area (Å²) in [6.07, 6.45) is 0.711. The van der Waals surface area contributed by atoms with Gasteiger partial charge in [0.05, 0.1) is 7.11 Å². The molecule has 1 aliphatic heterocycles. The molecule has 0 aliphatic carbocycles. The van der Waals surface area contributed by atoms with Gasteiger partial charge in [0, 0.05) is 10.6 Å². The number of likely N-dealkylation sites (N-methyl/N-ethyl adjacent to an activating group) is 1. The molecule has 0 bridgehead atoms. The first-order valence-corrected chi connectivity index (χ1v) is 7.50. The minimum atomic E-state index is -0.260. The molecular formula is C14H19NO4S. The summed E-state index contributed by atoms with van der Waals surface area (Å²) < 4.78 is 15.8. The number of benzene rings is 1. The van der Waals surface area contributed by atoms with Crippen molar-refractivity contribution in [1.29, 1.82) is 0 Å². The van der Waals surface area contributed by atoms with E-state index in [4.69, 9.17) is 14.2 Å². The molecule has 0 saturated heterocycles. The van der Waals surface area contributed by atoms with Crippen molar-refractivity contribution in [1.82, 2.24) is 5.32 Å². The zero-order chi connectivity index (χ0) is 14.4. The van der Waals surface area contributed by atoms with E-state index in [2.05, 4.69) is 5.32 Å². The van der Waals surface area contributed by atoms with E-state index in [1.807, 2.05) is 18.2 Å². The van der Waals surface area contributed by atoms with Crippen molar-refractivity contribution in [3.63, 3.8) is 0 Å². The first-order valence-electron chi connectivity index (χ1n) is 6.52. The molecule has 2 rings (SSSR count). The van der Waals surface area contributed by atoms with Gasteiger partial charge >= 0.3 is 5.97 Å². The van der Waals surface area contributed by atoms with Gasteiger partial charge in [-0.15, -0.1) is 11.8 Å². The number of rotatable bonds is 6. The van der Waals surface area contributed by atoms with Gasteiger partial charge in [0.2, 0.25) is 0 Å². The lowest BCUT2D eigenvalue weighted by Crippen LogP contribution is -2.35. The monoisotopic (exact) mass is 297 g/mol. The number of fused-ring (bicyclic) bond motifs is 1. The highest BCUT2D eigenvalue weighted by Crippen LogP contribution is 2.34. The van der Waals surface area contributed by atoms with Crippen molar-refractivity contribution >= 4 is 17.7 Å². The van der Waals surface area contributed by atoms with Crippen molar-refractivity contribution in [2.45, 2.75) is 17.4 Å². The number of hydrogen-bond donors (Lipinski definition) is 1. The molecule has 0 amide bonds. The lowest BCUT2D eigenvalue weighted by atomic mass is 10.2. The zero-order valence-electron chi connectivity index (χ0n) is 11.7. The molecule has 1 aromatic rings. The number of carbonyl (C=O) groups excluding carboxylic acids is 1. The van der Waals surface area contributed by atoms with Crippen molar-refractivity contribution in [3.8, 4) is 11.5 Å². The summed E-state index contributed by atoms with van der Waals surface area (Å²) in [4.78, 5) is 12.6. The second-order valence-corrected chi connectivity index (χ2v) is 5.48. The fraction of sp³-hybridized carbons (Fsp3) is 0.500. The molecule has 1 aromatic carbocycles. The Kier molecular flexibility index (Phi) is 5.55. The average molecular weight is 297 g/mol. The molecule has 110 valence electrons. The smallest absolute Gasteiger partial charge is 0.322 e. The van der Waals surface area contributed by atoms with Gasteiger partial charge in [-0.05, 0) is 31.7 Å². The molecule has 0 aromatic heterocycles. The predicted molar refractivity (Wildman–Crippen MR) is 77.6 cm³/mol. The maximum Gasteiger partial charge on any atom is 0.322 e. The largest absolute Gasteiger partial charge is 0.486 e. The van der Waals surface area contributed by atoms with Crippen LogP contribution in [0.1, 0.15) is 6.42 Å². The van der Waals surface area contributed by atoms with Crippen molar-refractivity contribution in [2.24, 2.45) is 0 Å². The number of thioether (sulfide) groups is 1. The highest BCUT2D eigenvalue weighted by atomic mass is 32.2. The summed E-state index contributed by atoms with van der Waals surface area (Å²) in [6.45, 7) is 1.19. The van der Waals surface area contributed by atoms with Crippen LogP contribution >= 0.6 is 11.8 Å². The van der Waals surface area contributed by atoms with Crippen LogP contribution in [0, 0.1) is 0 Å². The van der Waals surface area contributed by atoms with Gasteiger partial charge in [-0.1, -0.05) is 0 Å². The lowest BCUT2D eigenvalue weighted by molar-refractivity contribution is -0.143. The average Bonchev–Trinajstić information content (AvgIpc) is 2.50. The Morgan fingerprint density at radius 2 is 2.15 bits per heavy atom. The van der Waals surface area contributed by atoms with Crippen LogP contribution in [-0.4, -0.2) is 45.1 Å². The molecule has 0 fully saturated rings. The maximum atomic E-state index is 11.4. The second-order valence-electron chi connectivity index (χ2n) is 4.31. The third kappa shape index (κ3) is 3.80. The molecular weight excluding hydrogens is 278 g/mol. The predicted octanol–water partition coefficient (Wildman–Crippen LogP) is 1.70. The molecule has 0 radical (unpaired) electrons. The first kappa shape index (κ1) is 15.0. The summed E-state index contributed by atoms with van der Waals surface area (Å²) in [5.74, 6) is 2.18. The Morgan fingerprint density at radius 1 is 1.40 bits per heavy atom. The zero-order valence-corrected chi connectivity index (χ0v) is 12.5. The van der Waals surface area contributed by atoms with Gasteiger partial charge in [-0.25, -0.2) is 0 Å². The van der Waals surface area contributed by atoms with Gasteiger partial charge in [0.1, 0.15) is 19.3 Å². The fourth-order valence-corrected chi connectivity index (χ4v) is 2.87. The quantitative estimate of drug-likeness (QED) is 0.637. The van der Waals surface area contributed by atoms with Crippen LogP contribution in [0.15, 0.2) is 23.1 Å². The van der Waals surface area contributed by atoms with Gasteiger partial charge < -0.3 is 19.5 Å². The summed E-state index contributed by atoms with van der Waals surface area (Å²) in [5, 5.41) is 2.96. The Balaban J connectivity index is 1.86.